The van der Waals surface area contributed by atoms with E-state index in [0.717, 1.165) is 36.4 Å². The van der Waals surface area contributed by atoms with Crippen LogP contribution >= 0.6 is 15.9 Å². The van der Waals surface area contributed by atoms with Crippen molar-refractivity contribution in [2.45, 2.75) is 6.18 Å². The molecule has 2 N–H and O–H groups in total. The normalized spacial score (nSPS) is 11.2. The maximum atomic E-state index is 13.5. The fourth-order valence-corrected chi connectivity index (χ4v) is 3.11. The quantitative estimate of drug-likeness (QED) is 0.417. The summed E-state index contributed by atoms with van der Waals surface area (Å²) < 4.78 is 67.3. The molecule has 160 valence electrons. The third-order valence-electron chi connectivity index (χ3n) is 4.06. The first kappa shape index (κ1) is 22.4. The maximum absolute atomic E-state index is 13.5. The first-order valence-electron chi connectivity index (χ1n) is 8.58. The van der Waals surface area contributed by atoms with Crippen LogP contribution in [0.25, 0.3) is 0 Å². The van der Waals surface area contributed by atoms with Crippen LogP contribution in [0.5, 0.6) is 0 Å². The molecule has 0 heterocycles. The predicted molar refractivity (Wildman–Crippen MR) is 108 cm³/mol. The third kappa shape index (κ3) is 5.66. The van der Waals surface area contributed by atoms with Crippen LogP contribution in [-0.4, -0.2) is 11.8 Å². The van der Waals surface area contributed by atoms with Crippen LogP contribution in [0.2, 0.25) is 0 Å². The van der Waals surface area contributed by atoms with E-state index in [1.165, 1.54) is 18.2 Å². The van der Waals surface area contributed by atoms with Gasteiger partial charge in [-0.15, -0.1) is 0 Å². The Morgan fingerprint density at radius 2 is 1.39 bits per heavy atom. The molecule has 0 fully saturated rings. The van der Waals surface area contributed by atoms with Crippen molar-refractivity contribution in [1.29, 1.82) is 0 Å². The van der Waals surface area contributed by atoms with Gasteiger partial charge in [-0.1, -0.05) is 15.9 Å². The number of halogens is 6. The molecule has 10 heteroatoms. The Labute approximate surface area is 181 Å². The van der Waals surface area contributed by atoms with Gasteiger partial charge in [-0.2, -0.15) is 13.2 Å². The smallest absolute Gasteiger partial charge is 0.322 e. The van der Waals surface area contributed by atoms with Gasteiger partial charge in [0.1, 0.15) is 11.6 Å². The van der Waals surface area contributed by atoms with Gasteiger partial charge in [0.15, 0.2) is 0 Å². The number of carbonyl (C=O) groups is 2. The minimum atomic E-state index is -4.86. The highest BCUT2D eigenvalue weighted by Crippen LogP contribution is 2.37. The molecule has 0 saturated heterocycles. The molecule has 0 aliphatic rings. The van der Waals surface area contributed by atoms with E-state index in [2.05, 4.69) is 26.6 Å². The monoisotopic (exact) mass is 498 g/mol. The highest BCUT2D eigenvalue weighted by Gasteiger charge is 2.34. The second-order valence-corrected chi connectivity index (χ2v) is 7.25. The summed E-state index contributed by atoms with van der Waals surface area (Å²) in [6.45, 7) is 0. The van der Waals surface area contributed by atoms with Crippen molar-refractivity contribution in [1.82, 2.24) is 0 Å². The van der Waals surface area contributed by atoms with Crippen molar-refractivity contribution in [2.24, 2.45) is 0 Å². The van der Waals surface area contributed by atoms with Gasteiger partial charge in [-0.05, 0) is 60.7 Å². The second-order valence-electron chi connectivity index (χ2n) is 6.33. The number of benzene rings is 3. The Kier molecular flexibility index (Phi) is 6.40. The number of amides is 2. The standard InChI is InChI=1S/C21H12BrF5N2O2/c22-13-7-12(8-15(24)9-13)20(31)29-18-6-5-16(10-17(18)21(25,26)27)28-19(30)11-1-3-14(23)4-2-11/h1-10H,(H,28,30)(H,29,31). The fourth-order valence-electron chi connectivity index (χ4n) is 2.65. The van der Waals surface area contributed by atoms with Gasteiger partial charge in [-0.25, -0.2) is 8.78 Å². The summed E-state index contributed by atoms with van der Waals surface area (Å²) in [5.74, 6) is -3.00. The minimum Gasteiger partial charge on any atom is -0.322 e. The molecule has 0 radical (unpaired) electrons. The summed E-state index contributed by atoms with van der Waals surface area (Å²) in [6, 6.07) is 10.5. The Hall–Kier alpha value is -3.27. The molecular formula is C21H12BrF5N2O2. The van der Waals surface area contributed by atoms with Gasteiger partial charge >= 0.3 is 6.18 Å². The topological polar surface area (TPSA) is 58.2 Å². The zero-order valence-electron chi connectivity index (χ0n) is 15.4. The van der Waals surface area contributed by atoms with Gasteiger partial charge in [0.05, 0.1) is 11.3 Å². The summed E-state index contributed by atoms with van der Waals surface area (Å²) in [5.41, 5.74) is -2.11. The minimum absolute atomic E-state index is 0.0454. The Balaban J connectivity index is 1.87. The molecule has 0 spiro atoms. The number of nitrogens with one attached hydrogen (secondary N) is 2. The van der Waals surface area contributed by atoms with E-state index in [9.17, 15) is 31.5 Å². The number of anilines is 2. The summed E-state index contributed by atoms with van der Waals surface area (Å²) in [6.07, 6.45) is -4.86. The average Bonchev–Trinajstić information content (AvgIpc) is 2.68. The first-order chi connectivity index (χ1) is 14.5. The molecule has 2 amide bonds. The maximum Gasteiger partial charge on any atom is 0.418 e. The molecule has 3 rings (SSSR count). The molecule has 0 unspecified atom stereocenters. The van der Waals surface area contributed by atoms with Crippen LogP contribution in [0, 0.1) is 11.6 Å². The van der Waals surface area contributed by atoms with Crippen molar-refractivity contribution in [3.8, 4) is 0 Å². The van der Waals surface area contributed by atoms with Gasteiger partial charge in [-0.3, -0.25) is 9.59 Å². The van der Waals surface area contributed by atoms with Crippen molar-refractivity contribution >= 4 is 39.1 Å². The van der Waals surface area contributed by atoms with Crippen LogP contribution in [0.1, 0.15) is 26.3 Å². The summed E-state index contributed by atoms with van der Waals surface area (Å²) in [7, 11) is 0. The SMILES string of the molecule is O=C(Nc1ccc(NC(=O)c2cc(F)cc(Br)c2)c(C(F)(F)F)c1)c1ccc(F)cc1. The summed E-state index contributed by atoms with van der Waals surface area (Å²) >= 11 is 3.01. The first-order valence-corrected chi connectivity index (χ1v) is 9.38. The Morgan fingerprint density at radius 3 is 2.00 bits per heavy atom. The molecule has 0 saturated carbocycles. The van der Waals surface area contributed by atoms with Crippen molar-refractivity contribution in [3.63, 3.8) is 0 Å². The fraction of sp³-hybridized carbons (Fsp3) is 0.0476. The number of rotatable bonds is 4. The Morgan fingerprint density at radius 1 is 0.742 bits per heavy atom. The molecular weight excluding hydrogens is 487 g/mol. The molecule has 31 heavy (non-hydrogen) atoms. The molecule has 0 aliphatic carbocycles. The third-order valence-corrected chi connectivity index (χ3v) is 4.52. The number of alkyl halides is 3. The van der Waals surface area contributed by atoms with E-state index in [0.29, 0.717) is 6.07 Å². The molecule has 0 atom stereocenters. The van der Waals surface area contributed by atoms with Crippen LogP contribution in [0.4, 0.5) is 33.3 Å². The van der Waals surface area contributed by atoms with E-state index in [-0.39, 0.29) is 21.3 Å². The number of carbonyl (C=O) groups excluding carboxylic acids is 2. The lowest BCUT2D eigenvalue weighted by atomic mass is 10.1. The number of hydrogen-bond acceptors (Lipinski definition) is 2. The second kappa shape index (κ2) is 8.84. The van der Waals surface area contributed by atoms with Crippen LogP contribution < -0.4 is 10.6 Å². The highest BCUT2D eigenvalue weighted by molar-refractivity contribution is 9.10. The largest absolute Gasteiger partial charge is 0.418 e. The van der Waals surface area contributed by atoms with Gasteiger partial charge in [0.2, 0.25) is 0 Å². The zero-order valence-corrected chi connectivity index (χ0v) is 16.9. The van der Waals surface area contributed by atoms with Crippen LogP contribution in [0.3, 0.4) is 0 Å². The molecule has 0 aliphatic heterocycles. The van der Waals surface area contributed by atoms with E-state index in [1.807, 2.05) is 0 Å². The van der Waals surface area contributed by atoms with Crippen molar-refractivity contribution < 1.29 is 31.5 Å². The Bertz CT molecular complexity index is 1130. The van der Waals surface area contributed by atoms with E-state index < -0.39 is 40.9 Å². The van der Waals surface area contributed by atoms with Gasteiger partial charge in [0, 0.05) is 21.3 Å². The molecule has 3 aromatic rings. The molecule has 0 aromatic heterocycles. The lowest BCUT2D eigenvalue weighted by molar-refractivity contribution is -0.136. The summed E-state index contributed by atoms with van der Waals surface area (Å²) in [4.78, 5) is 24.5. The van der Waals surface area contributed by atoms with Crippen molar-refractivity contribution in [2.75, 3.05) is 10.6 Å². The van der Waals surface area contributed by atoms with E-state index in [4.69, 9.17) is 0 Å². The summed E-state index contributed by atoms with van der Waals surface area (Å²) in [5, 5.41) is 4.39. The van der Waals surface area contributed by atoms with Gasteiger partial charge in [0.25, 0.3) is 11.8 Å². The average molecular weight is 499 g/mol. The van der Waals surface area contributed by atoms with Crippen LogP contribution in [0.15, 0.2) is 65.1 Å². The lowest BCUT2D eigenvalue weighted by Gasteiger charge is -2.16. The molecule has 4 nitrogen and oxygen atoms in total. The predicted octanol–water partition coefficient (Wildman–Crippen LogP) is 6.25. The van der Waals surface area contributed by atoms with E-state index in [1.54, 1.807) is 0 Å². The van der Waals surface area contributed by atoms with Gasteiger partial charge < -0.3 is 10.6 Å². The number of hydrogen-bond donors (Lipinski definition) is 2. The van der Waals surface area contributed by atoms with Crippen molar-refractivity contribution in [3.05, 3.63) is 93.5 Å². The van der Waals surface area contributed by atoms with Crippen LogP contribution in [-0.2, 0) is 6.18 Å². The lowest BCUT2D eigenvalue weighted by Crippen LogP contribution is -2.18. The zero-order chi connectivity index (χ0) is 22.8. The molecule has 3 aromatic carbocycles. The molecule has 0 bridgehead atoms. The highest BCUT2D eigenvalue weighted by atomic mass is 79.9. The van der Waals surface area contributed by atoms with E-state index >= 15 is 0 Å².